The van der Waals surface area contributed by atoms with Gasteiger partial charge in [0.25, 0.3) is 0 Å². The molecule has 4 fully saturated rings. The topological polar surface area (TPSA) is 33.2 Å². The summed E-state index contributed by atoms with van der Waals surface area (Å²) in [6, 6.07) is 4.14. The quantitative estimate of drug-likeness (QED) is 0.343. The molecule has 0 saturated heterocycles. The molecule has 1 aromatic heterocycles. The monoisotopic (exact) mass is 442 g/mol. The van der Waals surface area contributed by atoms with E-state index in [0.717, 1.165) is 48.8 Å². The zero-order valence-electron chi connectivity index (χ0n) is 19.7. The SMILES string of the molecule is CCCCCN(CCC12CC3CC(CC(C3)C1)C2)C(=O)C(C)CSCc1ccncc1. The second-order valence-corrected chi connectivity index (χ2v) is 12.0. The van der Waals surface area contributed by atoms with E-state index in [2.05, 4.69) is 35.9 Å². The van der Waals surface area contributed by atoms with Gasteiger partial charge < -0.3 is 4.90 Å². The Hall–Kier alpha value is -1.03. The minimum atomic E-state index is 0.102. The smallest absolute Gasteiger partial charge is 0.226 e. The average molecular weight is 443 g/mol. The number of unbranched alkanes of at least 4 members (excludes halogenated alkanes) is 2. The van der Waals surface area contributed by atoms with Gasteiger partial charge in [0.2, 0.25) is 5.91 Å². The van der Waals surface area contributed by atoms with Crippen LogP contribution in [0.3, 0.4) is 0 Å². The highest BCUT2D eigenvalue weighted by atomic mass is 32.2. The first-order valence-electron chi connectivity index (χ1n) is 12.8. The van der Waals surface area contributed by atoms with Crippen molar-refractivity contribution in [3.8, 4) is 0 Å². The molecular weight excluding hydrogens is 400 g/mol. The summed E-state index contributed by atoms with van der Waals surface area (Å²) in [5, 5.41) is 0. The first-order chi connectivity index (χ1) is 15.1. The van der Waals surface area contributed by atoms with Crippen molar-refractivity contribution in [1.29, 1.82) is 0 Å². The lowest BCUT2D eigenvalue weighted by Gasteiger charge is -2.57. The van der Waals surface area contributed by atoms with Gasteiger partial charge in [-0.05, 0) is 92.2 Å². The van der Waals surface area contributed by atoms with E-state index in [-0.39, 0.29) is 5.92 Å². The van der Waals surface area contributed by atoms with Crippen LogP contribution in [0.1, 0.15) is 83.6 Å². The van der Waals surface area contributed by atoms with E-state index < -0.39 is 0 Å². The largest absolute Gasteiger partial charge is 0.342 e. The van der Waals surface area contributed by atoms with Gasteiger partial charge in [0, 0.05) is 42.9 Å². The first kappa shape index (κ1) is 23.1. The Labute approximate surface area is 194 Å². The number of nitrogens with zero attached hydrogens (tertiary/aromatic N) is 2. The van der Waals surface area contributed by atoms with Gasteiger partial charge in [-0.3, -0.25) is 9.78 Å². The molecule has 0 aliphatic heterocycles. The van der Waals surface area contributed by atoms with Gasteiger partial charge in [-0.2, -0.15) is 11.8 Å². The van der Waals surface area contributed by atoms with Crippen LogP contribution in [-0.4, -0.2) is 34.6 Å². The van der Waals surface area contributed by atoms with Crippen LogP contribution in [0, 0.1) is 29.1 Å². The lowest BCUT2D eigenvalue weighted by atomic mass is 9.49. The van der Waals surface area contributed by atoms with Gasteiger partial charge in [0.1, 0.15) is 0 Å². The molecule has 1 heterocycles. The highest BCUT2D eigenvalue weighted by Gasteiger charge is 2.50. The number of thioether (sulfide) groups is 1. The van der Waals surface area contributed by atoms with E-state index >= 15 is 0 Å². The maximum absolute atomic E-state index is 13.4. The highest BCUT2D eigenvalue weighted by molar-refractivity contribution is 7.98. The molecule has 0 radical (unpaired) electrons. The van der Waals surface area contributed by atoms with Crippen molar-refractivity contribution < 1.29 is 4.79 Å². The van der Waals surface area contributed by atoms with Crippen molar-refractivity contribution in [3.63, 3.8) is 0 Å². The maximum atomic E-state index is 13.4. The fraction of sp³-hybridized carbons (Fsp3) is 0.778. The molecular formula is C27H42N2OS. The van der Waals surface area contributed by atoms with Gasteiger partial charge in [0.15, 0.2) is 0 Å². The molecule has 1 atom stereocenters. The summed E-state index contributed by atoms with van der Waals surface area (Å²) in [4.78, 5) is 19.7. The number of aromatic nitrogens is 1. The van der Waals surface area contributed by atoms with Crippen molar-refractivity contribution in [1.82, 2.24) is 9.88 Å². The first-order valence-corrected chi connectivity index (χ1v) is 14.0. The van der Waals surface area contributed by atoms with Gasteiger partial charge in [-0.15, -0.1) is 0 Å². The zero-order valence-corrected chi connectivity index (χ0v) is 20.5. The number of hydrogen-bond donors (Lipinski definition) is 0. The Morgan fingerprint density at radius 2 is 1.74 bits per heavy atom. The second-order valence-electron chi connectivity index (χ2n) is 11.0. The minimum absolute atomic E-state index is 0.102. The van der Waals surface area contributed by atoms with Crippen LogP contribution in [0.5, 0.6) is 0 Å². The lowest BCUT2D eigenvalue weighted by molar-refractivity contribution is -0.135. The fourth-order valence-corrected chi connectivity index (χ4v) is 8.11. The fourth-order valence-electron chi connectivity index (χ4n) is 7.07. The number of carbonyl (C=O) groups is 1. The van der Waals surface area contributed by atoms with E-state index in [1.807, 2.05) is 24.2 Å². The Bertz CT molecular complexity index is 671. The van der Waals surface area contributed by atoms with Crippen LogP contribution < -0.4 is 0 Å². The maximum Gasteiger partial charge on any atom is 0.226 e. The van der Waals surface area contributed by atoms with Crippen molar-refractivity contribution in [2.24, 2.45) is 29.1 Å². The van der Waals surface area contributed by atoms with Gasteiger partial charge in [-0.1, -0.05) is 26.7 Å². The molecule has 4 aliphatic carbocycles. The molecule has 0 N–H and O–H groups in total. The van der Waals surface area contributed by atoms with Crippen molar-refractivity contribution >= 4 is 17.7 Å². The number of amides is 1. The predicted octanol–water partition coefficient (Wildman–Crippen LogP) is 6.58. The molecule has 4 saturated carbocycles. The van der Waals surface area contributed by atoms with Crippen LogP contribution in [0.4, 0.5) is 0 Å². The Morgan fingerprint density at radius 1 is 1.10 bits per heavy atom. The zero-order chi connectivity index (χ0) is 21.7. The summed E-state index contributed by atoms with van der Waals surface area (Å²) >= 11 is 1.88. The molecule has 0 spiro atoms. The summed E-state index contributed by atoms with van der Waals surface area (Å²) in [6.07, 6.45) is 17.4. The molecule has 31 heavy (non-hydrogen) atoms. The summed E-state index contributed by atoms with van der Waals surface area (Å²) < 4.78 is 0. The molecule has 5 rings (SSSR count). The van der Waals surface area contributed by atoms with Crippen molar-refractivity contribution in [3.05, 3.63) is 30.1 Å². The Morgan fingerprint density at radius 3 is 2.35 bits per heavy atom. The molecule has 3 nitrogen and oxygen atoms in total. The molecule has 1 unspecified atom stereocenters. The molecule has 4 bridgehead atoms. The third-order valence-corrected chi connectivity index (χ3v) is 9.50. The van der Waals surface area contributed by atoms with Crippen LogP contribution in [-0.2, 0) is 10.5 Å². The Balaban J connectivity index is 1.30. The van der Waals surface area contributed by atoms with Crippen LogP contribution in [0.15, 0.2) is 24.5 Å². The molecule has 4 heteroatoms. The summed E-state index contributed by atoms with van der Waals surface area (Å²) in [5.74, 6) is 5.36. The molecule has 4 aliphatic rings. The average Bonchev–Trinajstić information content (AvgIpc) is 2.75. The van der Waals surface area contributed by atoms with Crippen LogP contribution in [0.25, 0.3) is 0 Å². The normalized spacial score (nSPS) is 29.8. The van der Waals surface area contributed by atoms with Crippen molar-refractivity contribution in [2.45, 2.75) is 83.8 Å². The number of rotatable bonds is 12. The Kier molecular flexibility index (Phi) is 8.01. The lowest BCUT2D eigenvalue weighted by Crippen LogP contribution is -2.48. The van der Waals surface area contributed by atoms with Gasteiger partial charge in [0.05, 0.1) is 0 Å². The van der Waals surface area contributed by atoms with E-state index in [1.165, 1.54) is 63.4 Å². The van der Waals surface area contributed by atoms with E-state index in [9.17, 15) is 4.79 Å². The third-order valence-electron chi connectivity index (χ3n) is 8.23. The predicted molar refractivity (Wildman–Crippen MR) is 131 cm³/mol. The summed E-state index contributed by atoms with van der Waals surface area (Å²) in [5.41, 5.74) is 1.86. The van der Waals surface area contributed by atoms with Crippen LogP contribution in [0.2, 0.25) is 0 Å². The van der Waals surface area contributed by atoms with Crippen LogP contribution >= 0.6 is 11.8 Å². The molecule has 172 valence electrons. The highest BCUT2D eigenvalue weighted by Crippen LogP contribution is 2.61. The number of carbonyl (C=O) groups excluding carboxylic acids is 1. The number of pyridine rings is 1. The van der Waals surface area contributed by atoms with Gasteiger partial charge in [-0.25, -0.2) is 0 Å². The molecule has 1 amide bonds. The number of hydrogen-bond acceptors (Lipinski definition) is 3. The van der Waals surface area contributed by atoms with Crippen molar-refractivity contribution in [2.75, 3.05) is 18.8 Å². The summed E-state index contributed by atoms with van der Waals surface area (Å²) in [7, 11) is 0. The van der Waals surface area contributed by atoms with E-state index in [4.69, 9.17) is 0 Å². The second kappa shape index (κ2) is 10.7. The molecule has 0 aromatic carbocycles. The van der Waals surface area contributed by atoms with Gasteiger partial charge >= 0.3 is 0 Å². The third kappa shape index (κ3) is 6.06. The minimum Gasteiger partial charge on any atom is -0.342 e. The summed E-state index contributed by atoms with van der Waals surface area (Å²) in [6.45, 7) is 6.34. The standard InChI is InChI=1S/C27H42N2OS/c1-3-4-5-11-29(26(30)21(2)19-31-20-22-6-9-28-10-7-22)12-8-27-16-23-13-24(17-27)15-25(14-23)18-27/h6-7,9-10,21,23-25H,3-5,8,11-20H2,1-2H3. The molecule has 1 aromatic rings. The van der Waals surface area contributed by atoms with E-state index in [1.54, 1.807) is 0 Å². The van der Waals surface area contributed by atoms with E-state index in [0.29, 0.717) is 11.3 Å².